The quantitative estimate of drug-likeness (QED) is 0.187. The van der Waals surface area contributed by atoms with Gasteiger partial charge in [0.05, 0.1) is 0 Å². The summed E-state index contributed by atoms with van der Waals surface area (Å²) < 4.78 is 0. The van der Waals surface area contributed by atoms with Crippen molar-refractivity contribution in [2.75, 3.05) is 0 Å². The second-order valence-electron chi connectivity index (χ2n) is 11.1. The molecular weight excluding hydrogens is 536 g/mol. The Balaban J connectivity index is 1.27. The number of amidine groups is 1. The van der Waals surface area contributed by atoms with Gasteiger partial charge in [0.25, 0.3) is 0 Å². The highest BCUT2D eigenvalue weighted by molar-refractivity contribution is 6.04. The topological polar surface area (TPSA) is 62.4 Å². The first-order valence-corrected chi connectivity index (χ1v) is 15.0. The van der Waals surface area contributed by atoms with Crippen molar-refractivity contribution in [2.45, 2.75) is 19.3 Å². The van der Waals surface area contributed by atoms with Gasteiger partial charge in [0.15, 0.2) is 0 Å². The molecular formula is C40H34N4. The molecule has 0 aromatic heterocycles. The van der Waals surface area contributed by atoms with Gasteiger partial charge in [-0.05, 0) is 56.6 Å². The van der Waals surface area contributed by atoms with Gasteiger partial charge in [-0.25, -0.2) is 4.99 Å². The molecule has 7 rings (SSSR count). The molecule has 2 atom stereocenters. The lowest BCUT2D eigenvalue weighted by atomic mass is 9.89. The van der Waals surface area contributed by atoms with Crippen LogP contribution in [0.25, 0.3) is 38.7 Å². The molecule has 1 aliphatic heterocycles. The Kier molecular flexibility index (Phi) is 7.49. The molecule has 6 aromatic carbocycles. The van der Waals surface area contributed by atoms with Gasteiger partial charge < -0.3 is 11.1 Å². The van der Waals surface area contributed by atoms with Crippen LogP contribution in [0.5, 0.6) is 0 Å². The molecule has 0 aliphatic carbocycles. The number of rotatable bonds is 6. The SMILES string of the molecule is C/C=C(\N)c1ccc(-c2ccc3ccccc3c2-c2ccc(C3NC(c4ccccc4)=NC(c4ccccc4)N3)cc2)cc1. The molecule has 4 nitrogen and oxygen atoms in total. The van der Waals surface area contributed by atoms with Crippen LogP contribution in [0.15, 0.2) is 157 Å². The summed E-state index contributed by atoms with van der Waals surface area (Å²) in [6.07, 6.45) is 1.66. The van der Waals surface area contributed by atoms with E-state index in [9.17, 15) is 0 Å². The van der Waals surface area contributed by atoms with Gasteiger partial charge in [0.1, 0.15) is 18.2 Å². The van der Waals surface area contributed by atoms with Crippen molar-refractivity contribution in [3.05, 3.63) is 174 Å². The van der Waals surface area contributed by atoms with E-state index in [1.807, 2.05) is 37.3 Å². The summed E-state index contributed by atoms with van der Waals surface area (Å²) in [7, 11) is 0. The largest absolute Gasteiger partial charge is 0.399 e. The number of aliphatic imine (C=N–C) groups is 1. The lowest BCUT2D eigenvalue weighted by Gasteiger charge is -2.32. The second-order valence-corrected chi connectivity index (χ2v) is 11.1. The van der Waals surface area contributed by atoms with Gasteiger partial charge in [0.2, 0.25) is 0 Å². The third kappa shape index (κ3) is 5.39. The Hall–Kier alpha value is -5.45. The summed E-state index contributed by atoms with van der Waals surface area (Å²) in [5.74, 6) is 0.880. The highest BCUT2D eigenvalue weighted by Gasteiger charge is 2.25. The molecule has 1 heterocycles. The van der Waals surface area contributed by atoms with Crippen LogP contribution in [0.4, 0.5) is 0 Å². The molecule has 214 valence electrons. The maximum absolute atomic E-state index is 6.18. The summed E-state index contributed by atoms with van der Waals surface area (Å²) in [5, 5.41) is 9.82. The average Bonchev–Trinajstić information content (AvgIpc) is 3.11. The van der Waals surface area contributed by atoms with E-state index in [-0.39, 0.29) is 12.3 Å². The number of hydrogen-bond acceptors (Lipinski definition) is 4. The van der Waals surface area contributed by atoms with Crippen LogP contribution in [0, 0.1) is 0 Å². The van der Waals surface area contributed by atoms with E-state index in [4.69, 9.17) is 10.7 Å². The van der Waals surface area contributed by atoms with Crippen LogP contribution in [-0.4, -0.2) is 5.84 Å². The minimum absolute atomic E-state index is 0.112. The fourth-order valence-electron chi connectivity index (χ4n) is 5.95. The van der Waals surface area contributed by atoms with Crippen LogP contribution in [0.3, 0.4) is 0 Å². The van der Waals surface area contributed by atoms with Crippen LogP contribution in [0.2, 0.25) is 0 Å². The third-order valence-corrected chi connectivity index (χ3v) is 8.33. The lowest BCUT2D eigenvalue weighted by molar-refractivity contribution is 0.409. The number of fused-ring (bicyclic) bond motifs is 1. The zero-order valence-electron chi connectivity index (χ0n) is 24.6. The third-order valence-electron chi connectivity index (χ3n) is 8.33. The predicted octanol–water partition coefficient (Wildman–Crippen LogP) is 8.83. The fraction of sp³-hybridized carbons (Fsp3) is 0.0750. The standard InChI is InChI=1S/C40H34N4/c1-2-36(41)29-19-17-28(18-20-29)35-26-25-27-11-9-10-16-34(27)37(35)30-21-23-33(24-22-30)40-43-38(31-12-5-3-6-13-31)42-39(44-40)32-14-7-4-8-15-32/h2-26,38,40,43H,41H2,1H3,(H,42,44)/b36-2-. The van der Waals surface area contributed by atoms with Crippen LogP contribution < -0.4 is 16.4 Å². The summed E-state index contributed by atoms with van der Waals surface area (Å²) in [5.41, 5.74) is 16.1. The van der Waals surface area contributed by atoms with E-state index < -0.39 is 0 Å². The molecule has 0 saturated heterocycles. The van der Waals surface area contributed by atoms with Crippen LogP contribution in [0.1, 0.15) is 41.5 Å². The lowest BCUT2D eigenvalue weighted by Crippen LogP contribution is -2.44. The van der Waals surface area contributed by atoms with Crippen molar-refractivity contribution in [2.24, 2.45) is 10.7 Å². The van der Waals surface area contributed by atoms with Gasteiger partial charge in [-0.3, -0.25) is 5.32 Å². The maximum Gasteiger partial charge on any atom is 0.131 e. The van der Waals surface area contributed by atoms with Crippen molar-refractivity contribution in [3.8, 4) is 22.3 Å². The number of allylic oxidation sites excluding steroid dienone is 1. The molecule has 0 amide bonds. The Morgan fingerprint density at radius 2 is 1.30 bits per heavy atom. The average molecular weight is 571 g/mol. The Morgan fingerprint density at radius 1 is 0.636 bits per heavy atom. The summed E-state index contributed by atoms with van der Waals surface area (Å²) >= 11 is 0. The van der Waals surface area contributed by atoms with E-state index in [0.29, 0.717) is 0 Å². The normalized spacial score (nSPS) is 16.8. The molecule has 0 radical (unpaired) electrons. The van der Waals surface area contributed by atoms with Crippen molar-refractivity contribution >= 4 is 22.3 Å². The molecule has 6 aromatic rings. The predicted molar refractivity (Wildman–Crippen MR) is 184 cm³/mol. The van der Waals surface area contributed by atoms with Crippen LogP contribution in [-0.2, 0) is 0 Å². The molecule has 44 heavy (non-hydrogen) atoms. The first-order valence-electron chi connectivity index (χ1n) is 15.0. The van der Waals surface area contributed by atoms with Gasteiger partial charge >= 0.3 is 0 Å². The first-order chi connectivity index (χ1) is 21.7. The van der Waals surface area contributed by atoms with E-state index in [0.717, 1.165) is 39.3 Å². The van der Waals surface area contributed by atoms with Crippen molar-refractivity contribution in [3.63, 3.8) is 0 Å². The summed E-state index contributed by atoms with van der Waals surface area (Å²) in [6.45, 7) is 1.96. The highest BCUT2D eigenvalue weighted by atomic mass is 15.3. The second kappa shape index (κ2) is 12.0. The number of hydrogen-bond donors (Lipinski definition) is 3. The van der Waals surface area contributed by atoms with Crippen molar-refractivity contribution in [1.29, 1.82) is 0 Å². The molecule has 0 saturated carbocycles. The fourth-order valence-corrected chi connectivity index (χ4v) is 5.95. The van der Waals surface area contributed by atoms with Gasteiger partial charge in [-0.15, -0.1) is 0 Å². The number of nitrogens with zero attached hydrogens (tertiary/aromatic N) is 1. The number of nitrogens with two attached hydrogens (primary N) is 1. The zero-order chi connectivity index (χ0) is 29.9. The summed E-state index contributed by atoms with van der Waals surface area (Å²) in [6, 6.07) is 51.2. The molecule has 4 heteroatoms. The number of benzene rings is 6. The Morgan fingerprint density at radius 3 is 2.02 bits per heavy atom. The molecule has 0 spiro atoms. The van der Waals surface area contributed by atoms with E-state index in [1.165, 1.54) is 27.5 Å². The van der Waals surface area contributed by atoms with Gasteiger partial charge in [-0.1, -0.05) is 152 Å². The molecule has 4 N–H and O–H groups in total. The Bertz CT molecular complexity index is 1960. The van der Waals surface area contributed by atoms with Gasteiger partial charge in [-0.2, -0.15) is 0 Å². The molecule has 2 unspecified atom stereocenters. The smallest absolute Gasteiger partial charge is 0.131 e. The monoisotopic (exact) mass is 570 g/mol. The Labute approximate surface area is 258 Å². The minimum atomic E-state index is -0.165. The van der Waals surface area contributed by atoms with Gasteiger partial charge in [0, 0.05) is 11.3 Å². The molecule has 0 fully saturated rings. The van der Waals surface area contributed by atoms with Crippen molar-refractivity contribution < 1.29 is 0 Å². The van der Waals surface area contributed by atoms with Crippen LogP contribution >= 0.6 is 0 Å². The number of nitrogens with one attached hydrogen (secondary N) is 2. The minimum Gasteiger partial charge on any atom is -0.399 e. The van der Waals surface area contributed by atoms with E-state index in [1.54, 1.807) is 0 Å². The zero-order valence-corrected chi connectivity index (χ0v) is 24.6. The van der Waals surface area contributed by atoms with E-state index >= 15 is 0 Å². The summed E-state index contributed by atoms with van der Waals surface area (Å²) in [4.78, 5) is 5.05. The first kappa shape index (κ1) is 27.4. The molecule has 0 bridgehead atoms. The molecule has 1 aliphatic rings. The van der Waals surface area contributed by atoms with Crippen molar-refractivity contribution in [1.82, 2.24) is 10.6 Å². The highest BCUT2D eigenvalue weighted by Crippen LogP contribution is 2.39. The maximum atomic E-state index is 6.18. The van der Waals surface area contributed by atoms with E-state index in [2.05, 4.69) is 132 Å².